The Labute approximate surface area is 109 Å². The molecule has 3 N–H and O–H groups in total. The lowest BCUT2D eigenvalue weighted by Gasteiger charge is -2.11. The predicted octanol–water partition coefficient (Wildman–Crippen LogP) is 2.51. The Morgan fingerprint density at radius 1 is 1.26 bits per heavy atom. The Morgan fingerprint density at radius 2 is 2.11 bits per heavy atom. The van der Waals surface area contributed by atoms with Crippen LogP contribution in [0.25, 0.3) is 10.8 Å². The molecule has 1 aromatic heterocycles. The number of nitrogen functional groups attached to an aromatic ring is 1. The predicted molar refractivity (Wildman–Crippen MR) is 71.5 cm³/mol. The highest BCUT2D eigenvalue weighted by Crippen LogP contribution is 2.27. The van der Waals surface area contributed by atoms with E-state index in [0.29, 0.717) is 12.2 Å². The Balaban J connectivity index is 1.99. The zero-order valence-corrected chi connectivity index (χ0v) is 10.3. The molecule has 2 aromatic rings. The highest BCUT2D eigenvalue weighted by molar-refractivity contribution is 6.00. The fourth-order valence-electron chi connectivity index (χ4n) is 1.80. The number of nitrogens with zero attached hydrogens (tertiary/aromatic N) is 1. The van der Waals surface area contributed by atoms with Gasteiger partial charge in [-0.2, -0.15) is 0 Å². The number of pyridine rings is 1. The highest BCUT2D eigenvalue weighted by Gasteiger charge is 2.04. The topological polar surface area (TPSA) is 60.2 Å². The van der Waals surface area contributed by atoms with Crippen molar-refractivity contribution in [2.75, 3.05) is 30.8 Å². The quantitative estimate of drug-likeness (QED) is 0.623. The van der Waals surface area contributed by atoms with Crippen LogP contribution >= 0.6 is 0 Å². The minimum Gasteiger partial charge on any atom is -0.398 e. The van der Waals surface area contributed by atoms with Gasteiger partial charge in [0.05, 0.1) is 6.61 Å². The number of halogens is 2. The molecule has 0 aliphatic rings. The lowest BCUT2D eigenvalue weighted by molar-refractivity contribution is 0.0215. The van der Waals surface area contributed by atoms with Crippen LogP contribution in [-0.4, -0.2) is 31.2 Å². The number of rotatable bonds is 6. The molecule has 0 atom stereocenters. The Kier molecular flexibility index (Phi) is 4.46. The Hall–Kier alpha value is -1.95. The molecule has 102 valence electrons. The van der Waals surface area contributed by atoms with Crippen LogP contribution in [0.4, 0.5) is 20.2 Å². The molecule has 4 nitrogen and oxygen atoms in total. The molecule has 0 fully saturated rings. The van der Waals surface area contributed by atoms with Crippen LogP contribution < -0.4 is 11.1 Å². The van der Waals surface area contributed by atoms with Crippen molar-refractivity contribution >= 4 is 22.1 Å². The first kappa shape index (κ1) is 13.5. The van der Waals surface area contributed by atoms with E-state index in [9.17, 15) is 8.78 Å². The van der Waals surface area contributed by atoms with Gasteiger partial charge in [0, 0.05) is 41.1 Å². The molecule has 6 heteroatoms. The normalized spacial score (nSPS) is 11.1. The van der Waals surface area contributed by atoms with E-state index in [4.69, 9.17) is 10.5 Å². The minimum atomic E-state index is -2.43. The molecule has 0 aliphatic heterocycles. The molecule has 0 bridgehead atoms. The lowest BCUT2D eigenvalue weighted by atomic mass is 10.1. The number of anilines is 2. The van der Waals surface area contributed by atoms with E-state index in [2.05, 4.69) is 10.3 Å². The number of fused-ring (bicyclic) bond motifs is 1. The zero-order chi connectivity index (χ0) is 13.7. The smallest absolute Gasteiger partial charge is 0.261 e. The van der Waals surface area contributed by atoms with Crippen molar-refractivity contribution in [2.24, 2.45) is 0 Å². The molecular formula is C13H15F2N3O. The maximum atomic E-state index is 11.9. The first-order valence-electron chi connectivity index (χ1n) is 5.90. The number of benzene rings is 1. The SMILES string of the molecule is Nc1ccc(NCCOCC(F)F)c2ccncc12. The molecule has 0 amide bonds. The van der Waals surface area contributed by atoms with Gasteiger partial charge in [0.25, 0.3) is 6.43 Å². The highest BCUT2D eigenvalue weighted by atomic mass is 19.3. The van der Waals surface area contributed by atoms with Gasteiger partial charge < -0.3 is 15.8 Å². The van der Waals surface area contributed by atoms with Gasteiger partial charge in [0.2, 0.25) is 0 Å². The van der Waals surface area contributed by atoms with Crippen LogP contribution in [0.15, 0.2) is 30.6 Å². The standard InChI is InChI=1S/C13H15F2N3O/c14-13(15)8-19-6-5-18-12-2-1-11(16)10-7-17-4-3-9(10)12/h1-4,7,13,18H,5-6,8,16H2. The first-order chi connectivity index (χ1) is 9.18. The van der Waals surface area contributed by atoms with Gasteiger partial charge in [-0.3, -0.25) is 4.98 Å². The largest absolute Gasteiger partial charge is 0.398 e. The fourth-order valence-corrected chi connectivity index (χ4v) is 1.80. The van der Waals surface area contributed by atoms with Crippen molar-refractivity contribution < 1.29 is 13.5 Å². The molecule has 0 unspecified atom stereocenters. The van der Waals surface area contributed by atoms with Crippen LogP contribution in [0.5, 0.6) is 0 Å². The summed E-state index contributed by atoms with van der Waals surface area (Å²) in [6, 6.07) is 5.49. The molecule has 19 heavy (non-hydrogen) atoms. The van der Waals surface area contributed by atoms with E-state index in [1.54, 1.807) is 18.5 Å². The van der Waals surface area contributed by atoms with Crippen molar-refractivity contribution in [3.8, 4) is 0 Å². The lowest BCUT2D eigenvalue weighted by Crippen LogP contribution is -2.13. The number of hydrogen-bond acceptors (Lipinski definition) is 4. The molecule has 0 spiro atoms. The molecule has 1 heterocycles. The summed E-state index contributed by atoms with van der Waals surface area (Å²) in [5.41, 5.74) is 7.40. The van der Waals surface area contributed by atoms with E-state index in [1.165, 1.54) is 0 Å². The first-order valence-corrected chi connectivity index (χ1v) is 5.90. The summed E-state index contributed by atoms with van der Waals surface area (Å²) in [7, 11) is 0. The van der Waals surface area contributed by atoms with Crippen molar-refractivity contribution in [1.29, 1.82) is 0 Å². The number of nitrogens with one attached hydrogen (secondary N) is 1. The number of nitrogens with two attached hydrogens (primary N) is 1. The monoisotopic (exact) mass is 267 g/mol. The molecule has 0 saturated carbocycles. The van der Waals surface area contributed by atoms with Gasteiger partial charge in [-0.1, -0.05) is 0 Å². The maximum absolute atomic E-state index is 11.9. The fraction of sp³-hybridized carbons (Fsp3) is 0.308. The zero-order valence-electron chi connectivity index (χ0n) is 10.3. The van der Waals surface area contributed by atoms with E-state index in [0.717, 1.165) is 16.5 Å². The summed E-state index contributed by atoms with van der Waals surface area (Å²) >= 11 is 0. The number of ether oxygens (including phenoxy) is 1. The van der Waals surface area contributed by atoms with Gasteiger partial charge in [0.1, 0.15) is 6.61 Å². The summed E-state index contributed by atoms with van der Waals surface area (Å²) < 4.78 is 28.5. The summed E-state index contributed by atoms with van der Waals surface area (Å²) in [5.74, 6) is 0. The average Bonchev–Trinajstić information content (AvgIpc) is 2.41. The Morgan fingerprint density at radius 3 is 2.89 bits per heavy atom. The molecule has 1 aromatic carbocycles. The molecule has 2 rings (SSSR count). The molecule has 0 aliphatic carbocycles. The van der Waals surface area contributed by atoms with Crippen molar-refractivity contribution in [3.63, 3.8) is 0 Å². The van der Waals surface area contributed by atoms with Crippen LogP contribution in [-0.2, 0) is 4.74 Å². The van der Waals surface area contributed by atoms with Crippen LogP contribution in [0, 0.1) is 0 Å². The van der Waals surface area contributed by atoms with Crippen molar-refractivity contribution in [3.05, 3.63) is 30.6 Å². The van der Waals surface area contributed by atoms with Gasteiger partial charge >= 0.3 is 0 Å². The summed E-state index contributed by atoms with van der Waals surface area (Å²) in [6.07, 6.45) is 0.951. The van der Waals surface area contributed by atoms with E-state index < -0.39 is 13.0 Å². The Bertz CT molecular complexity index is 548. The van der Waals surface area contributed by atoms with Crippen LogP contribution in [0.2, 0.25) is 0 Å². The summed E-state index contributed by atoms with van der Waals surface area (Å²) in [5, 5.41) is 4.95. The second-order valence-corrected chi connectivity index (χ2v) is 4.02. The minimum absolute atomic E-state index is 0.224. The molecule has 0 saturated heterocycles. The van der Waals surface area contributed by atoms with E-state index >= 15 is 0 Å². The summed E-state index contributed by atoms with van der Waals surface area (Å²) in [4.78, 5) is 4.03. The van der Waals surface area contributed by atoms with Gasteiger partial charge in [-0.15, -0.1) is 0 Å². The van der Waals surface area contributed by atoms with Gasteiger partial charge in [-0.25, -0.2) is 8.78 Å². The third kappa shape index (κ3) is 3.51. The third-order valence-corrected chi connectivity index (χ3v) is 2.66. The second-order valence-electron chi connectivity index (χ2n) is 4.02. The average molecular weight is 267 g/mol. The second kappa shape index (κ2) is 6.29. The molecular weight excluding hydrogens is 252 g/mol. The van der Waals surface area contributed by atoms with E-state index in [1.807, 2.05) is 12.1 Å². The number of aromatic nitrogens is 1. The van der Waals surface area contributed by atoms with Crippen LogP contribution in [0.1, 0.15) is 0 Å². The van der Waals surface area contributed by atoms with Crippen molar-refractivity contribution in [2.45, 2.75) is 6.43 Å². The maximum Gasteiger partial charge on any atom is 0.261 e. The number of hydrogen-bond donors (Lipinski definition) is 2. The van der Waals surface area contributed by atoms with Gasteiger partial charge in [-0.05, 0) is 18.2 Å². The van der Waals surface area contributed by atoms with Crippen LogP contribution in [0.3, 0.4) is 0 Å². The molecule has 0 radical (unpaired) electrons. The third-order valence-electron chi connectivity index (χ3n) is 2.66. The van der Waals surface area contributed by atoms with Gasteiger partial charge in [0.15, 0.2) is 0 Å². The summed E-state index contributed by atoms with van der Waals surface area (Å²) in [6.45, 7) is 0.142. The van der Waals surface area contributed by atoms with Crippen molar-refractivity contribution in [1.82, 2.24) is 4.98 Å². The number of alkyl halides is 2. The van der Waals surface area contributed by atoms with E-state index in [-0.39, 0.29) is 6.61 Å².